The number of fused-ring (bicyclic) bond motifs is 1. The van der Waals surface area contributed by atoms with Crippen LogP contribution < -0.4 is 15.6 Å². The van der Waals surface area contributed by atoms with Gasteiger partial charge in [0.1, 0.15) is 10.6 Å². The fraction of sp³-hybridized carbons (Fsp3) is 0.174. The highest BCUT2D eigenvalue weighted by atomic mass is 32.2. The van der Waals surface area contributed by atoms with E-state index < -0.39 is 0 Å². The molecule has 0 bridgehead atoms. The van der Waals surface area contributed by atoms with E-state index in [1.807, 2.05) is 44.2 Å². The second kappa shape index (κ2) is 8.95. The predicted molar refractivity (Wildman–Crippen MR) is 127 cm³/mol. The number of thiophene rings is 1. The van der Waals surface area contributed by atoms with Crippen molar-refractivity contribution in [2.75, 3.05) is 18.2 Å². The molecule has 0 aliphatic heterocycles. The number of hydrogen-bond acceptors (Lipinski definition) is 6. The molecule has 4 rings (SSSR count). The van der Waals surface area contributed by atoms with Crippen molar-refractivity contribution >= 4 is 44.9 Å². The number of anilines is 1. The van der Waals surface area contributed by atoms with Gasteiger partial charge in [0.05, 0.1) is 23.9 Å². The lowest BCUT2D eigenvalue weighted by molar-refractivity contribution is -0.113. The van der Waals surface area contributed by atoms with E-state index in [1.54, 1.807) is 35.9 Å². The molecule has 2 heterocycles. The smallest absolute Gasteiger partial charge is 0.267 e. The Bertz CT molecular complexity index is 1300. The van der Waals surface area contributed by atoms with Gasteiger partial charge < -0.3 is 10.1 Å². The largest absolute Gasteiger partial charge is 0.497 e. The number of aromatic nitrogens is 2. The minimum absolute atomic E-state index is 0.115. The van der Waals surface area contributed by atoms with Gasteiger partial charge in [-0.25, -0.2) is 4.98 Å². The number of carbonyl (C=O) groups is 1. The molecule has 4 aromatic rings. The van der Waals surface area contributed by atoms with Crippen molar-refractivity contribution in [2.24, 2.45) is 0 Å². The lowest BCUT2D eigenvalue weighted by Gasteiger charge is -2.12. The monoisotopic (exact) mass is 451 g/mol. The second-order valence-electron chi connectivity index (χ2n) is 6.90. The van der Waals surface area contributed by atoms with Crippen molar-refractivity contribution in [2.45, 2.75) is 19.0 Å². The molecule has 2 aromatic carbocycles. The molecule has 0 fully saturated rings. The van der Waals surface area contributed by atoms with Gasteiger partial charge in [0, 0.05) is 10.6 Å². The number of thioether (sulfide) groups is 1. The van der Waals surface area contributed by atoms with E-state index in [9.17, 15) is 9.59 Å². The van der Waals surface area contributed by atoms with E-state index in [4.69, 9.17) is 9.72 Å². The molecule has 0 spiro atoms. The lowest BCUT2D eigenvalue weighted by atomic mass is 10.2. The van der Waals surface area contributed by atoms with Gasteiger partial charge in [-0.15, -0.1) is 11.3 Å². The maximum Gasteiger partial charge on any atom is 0.267 e. The van der Waals surface area contributed by atoms with Crippen LogP contribution in [0.4, 0.5) is 5.69 Å². The van der Waals surface area contributed by atoms with Gasteiger partial charge in [-0.05, 0) is 55.8 Å². The van der Waals surface area contributed by atoms with Gasteiger partial charge >= 0.3 is 0 Å². The van der Waals surface area contributed by atoms with E-state index in [-0.39, 0.29) is 17.2 Å². The van der Waals surface area contributed by atoms with Crippen molar-refractivity contribution in [3.63, 3.8) is 0 Å². The molecule has 158 valence electrons. The first-order chi connectivity index (χ1) is 15.0. The Labute approximate surface area is 187 Å². The fourth-order valence-electron chi connectivity index (χ4n) is 3.18. The van der Waals surface area contributed by atoms with Gasteiger partial charge in [-0.2, -0.15) is 0 Å². The Morgan fingerprint density at radius 1 is 1.13 bits per heavy atom. The normalized spacial score (nSPS) is 10.9. The van der Waals surface area contributed by atoms with Crippen LogP contribution in [0.3, 0.4) is 0 Å². The number of amides is 1. The van der Waals surface area contributed by atoms with E-state index >= 15 is 0 Å². The van der Waals surface area contributed by atoms with E-state index in [1.165, 1.54) is 23.1 Å². The van der Waals surface area contributed by atoms with Crippen LogP contribution in [0.15, 0.2) is 64.5 Å². The number of nitrogens with one attached hydrogen (secondary N) is 1. The number of methoxy groups -OCH3 is 1. The van der Waals surface area contributed by atoms with Crippen LogP contribution in [0.1, 0.15) is 10.4 Å². The minimum Gasteiger partial charge on any atom is -0.497 e. The number of nitrogens with zero attached hydrogens (tertiary/aromatic N) is 2. The number of aryl methyl sites for hydroxylation is 2. The third kappa shape index (κ3) is 4.35. The van der Waals surface area contributed by atoms with Gasteiger partial charge in [-0.3, -0.25) is 14.2 Å². The molecular weight excluding hydrogens is 430 g/mol. The highest BCUT2D eigenvalue weighted by Gasteiger charge is 2.18. The quantitative estimate of drug-likeness (QED) is 0.337. The molecule has 0 atom stereocenters. The zero-order valence-electron chi connectivity index (χ0n) is 17.3. The highest BCUT2D eigenvalue weighted by molar-refractivity contribution is 7.99. The number of benzene rings is 2. The van der Waals surface area contributed by atoms with Crippen LogP contribution in [-0.4, -0.2) is 28.3 Å². The average Bonchev–Trinajstić information content (AvgIpc) is 3.07. The summed E-state index contributed by atoms with van der Waals surface area (Å²) in [5.41, 5.74) is 2.25. The molecule has 0 saturated heterocycles. The Kier molecular flexibility index (Phi) is 6.11. The molecule has 31 heavy (non-hydrogen) atoms. The maximum atomic E-state index is 13.4. The van der Waals surface area contributed by atoms with Crippen molar-refractivity contribution < 1.29 is 9.53 Å². The molecule has 6 nitrogen and oxygen atoms in total. The Morgan fingerprint density at radius 2 is 1.84 bits per heavy atom. The summed E-state index contributed by atoms with van der Waals surface area (Å²) in [6.45, 7) is 3.94. The number of rotatable bonds is 6. The number of para-hydroxylation sites is 1. The minimum atomic E-state index is -0.178. The van der Waals surface area contributed by atoms with E-state index in [0.29, 0.717) is 21.1 Å². The first-order valence-corrected chi connectivity index (χ1v) is 11.4. The van der Waals surface area contributed by atoms with Crippen LogP contribution in [0.5, 0.6) is 5.75 Å². The zero-order valence-corrected chi connectivity index (χ0v) is 19.0. The van der Waals surface area contributed by atoms with Crippen molar-refractivity contribution in [3.8, 4) is 11.4 Å². The van der Waals surface area contributed by atoms with Gasteiger partial charge in [-0.1, -0.05) is 30.0 Å². The summed E-state index contributed by atoms with van der Waals surface area (Å²) in [5, 5.41) is 3.99. The maximum absolute atomic E-state index is 13.4. The molecule has 0 saturated carbocycles. The van der Waals surface area contributed by atoms with Crippen molar-refractivity contribution in [1.82, 2.24) is 9.55 Å². The Hall–Kier alpha value is -3.10. The standard InChI is InChI=1S/C23H21N3O3S2/c1-14-15(2)31-21-20(14)22(28)26(17-7-5-4-6-8-17)23(25-21)30-13-19(27)24-16-9-11-18(29-3)12-10-16/h4-12H,13H2,1-3H3,(H,24,27). The molecule has 1 amide bonds. The molecule has 0 radical (unpaired) electrons. The summed E-state index contributed by atoms with van der Waals surface area (Å²) in [5.74, 6) is 0.668. The molecule has 8 heteroatoms. The summed E-state index contributed by atoms with van der Waals surface area (Å²) in [7, 11) is 1.59. The predicted octanol–water partition coefficient (Wildman–Crippen LogP) is 4.80. The molecule has 1 N–H and O–H groups in total. The zero-order chi connectivity index (χ0) is 22.0. The van der Waals surface area contributed by atoms with Crippen molar-refractivity contribution in [3.05, 3.63) is 75.4 Å². The Morgan fingerprint density at radius 3 is 2.52 bits per heavy atom. The summed E-state index contributed by atoms with van der Waals surface area (Å²) >= 11 is 2.74. The molecule has 2 aromatic heterocycles. The first-order valence-electron chi connectivity index (χ1n) is 9.63. The summed E-state index contributed by atoms with van der Waals surface area (Å²) in [6.07, 6.45) is 0. The van der Waals surface area contributed by atoms with E-state index in [2.05, 4.69) is 5.32 Å². The first kappa shape index (κ1) is 21.1. The summed E-state index contributed by atoms with van der Waals surface area (Å²) in [4.78, 5) is 32.4. The molecule has 0 unspecified atom stereocenters. The third-order valence-electron chi connectivity index (χ3n) is 4.89. The molecule has 0 aliphatic rings. The van der Waals surface area contributed by atoms with Crippen LogP contribution in [0.2, 0.25) is 0 Å². The van der Waals surface area contributed by atoms with Crippen LogP contribution >= 0.6 is 23.1 Å². The Balaban J connectivity index is 1.64. The second-order valence-corrected chi connectivity index (χ2v) is 9.04. The number of ether oxygens (including phenoxy) is 1. The van der Waals surface area contributed by atoms with Crippen molar-refractivity contribution in [1.29, 1.82) is 0 Å². The average molecular weight is 452 g/mol. The van der Waals surface area contributed by atoms with Crippen LogP contribution in [0, 0.1) is 13.8 Å². The van der Waals surface area contributed by atoms with Gasteiger partial charge in [0.2, 0.25) is 5.91 Å². The summed E-state index contributed by atoms with van der Waals surface area (Å²) < 4.78 is 6.72. The number of hydrogen-bond donors (Lipinski definition) is 1. The third-order valence-corrected chi connectivity index (χ3v) is 6.93. The lowest BCUT2D eigenvalue weighted by Crippen LogP contribution is -2.22. The highest BCUT2D eigenvalue weighted by Crippen LogP contribution is 2.29. The SMILES string of the molecule is COc1ccc(NC(=O)CSc2nc3sc(C)c(C)c3c(=O)n2-c2ccccc2)cc1. The fourth-order valence-corrected chi connectivity index (χ4v) is 5.06. The van der Waals surface area contributed by atoms with Gasteiger partial charge in [0.25, 0.3) is 5.56 Å². The van der Waals surface area contributed by atoms with E-state index in [0.717, 1.165) is 21.9 Å². The van der Waals surface area contributed by atoms with Crippen LogP contribution in [0.25, 0.3) is 15.9 Å². The topological polar surface area (TPSA) is 73.2 Å². The van der Waals surface area contributed by atoms with Gasteiger partial charge in [0.15, 0.2) is 5.16 Å². The molecule has 0 aliphatic carbocycles. The molecular formula is C23H21N3O3S2. The van der Waals surface area contributed by atoms with Crippen LogP contribution in [-0.2, 0) is 4.79 Å². The number of carbonyl (C=O) groups excluding carboxylic acids is 1. The summed E-state index contributed by atoms with van der Waals surface area (Å²) in [6, 6.07) is 16.5.